The van der Waals surface area contributed by atoms with Crippen LogP contribution in [0.1, 0.15) is 0 Å². The molecule has 0 aliphatic carbocycles. The molecule has 0 aliphatic rings. The fraction of sp³-hybridized carbons (Fsp3) is 0. The molecule has 3 nitrogen and oxygen atoms in total. The first-order chi connectivity index (χ1) is 20.3. The highest BCUT2D eigenvalue weighted by atomic mass is 15.1. The van der Waals surface area contributed by atoms with Crippen molar-refractivity contribution >= 4 is 33.1 Å². The average Bonchev–Trinajstić information content (AvgIpc) is 3.37. The number of para-hydroxylation sites is 2. The van der Waals surface area contributed by atoms with Gasteiger partial charge in [0.15, 0.2) is 5.65 Å². The summed E-state index contributed by atoms with van der Waals surface area (Å²) in [6, 6.07) is 53.1. The Morgan fingerprint density at radius 3 is 1.76 bits per heavy atom. The van der Waals surface area contributed by atoms with E-state index >= 15 is 0 Å². The van der Waals surface area contributed by atoms with Gasteiger partial charge in [-0.2, -0.15) is 0 Å². The highest BCUT2D eigenvalue weighted by Crippen LogP contribution is 2.35. The third kappa shape index (κ3) is 3.98. The normalized spacial score (nSPS) is 11.4. The van der Waals surface area contributed by atoms with E-state index in [0.717, 1.165) is 49.9 Å². The molecule has 0 N–H and O–H groups in total. The lowest BCUT2D eigenvalue weighted by Gasteiger charge is -2.11. The van der Waals surface area contributed by atoms with Gasteiger partial charge in [-0.05, 0) is 63.7 Å². The number of rotatable bonds is 4. The molecular formula is C38H25N3. The Bertz CT molecular complexity index is 2180. The number of hydrogen-bond donors (Lipinski definition) is 0. The zero-order valence-corrected chi connectivity index (χ0v) is 22.3. The maximum Gasteiger partial charge on any atom is 0.165 e. The standard InChI is InChI=1S/C38H25N3/c1-3-11-27(12-4-1)31-15-7-8-16-32(31)28-21-19-26(20-22-28)29-23-24-34-35(25-29)39-37-33-17-9-10-18-36(33)41(38(37)40-34)30-13-5-2-6-14-30/h1-25H. The molecule has 2 heterocycles. The van der Waals surface area contributed by atoms with Crippen molar-refractivity contribution in [2.24, 2.45) is 0 Å². The van der Waals surface area contributed by atoms with Crippen LogP contribution in [0.5, 0.6) is 0 Å². The third-order valence-corrected chi connectivity index (χ3v) is 7.81. The molecule has 41 heavy (non-hydrogen) atoms. The molecule has 0 fully saturated rings. The van der Waals surface area contributed by atoms with Gasteiger partial charge in [-0.15, -0.1) is 0 Å². The molecule has 0 atom stereocenters. The van der Waals surface area contributed by atoms with Crippen molar-refractivity contribution in [3.63, 3.8) is 0 Å². The molecule has 0 bridgehead atoms. The smallest absolute Gasteiger partial charge is 0.165 e. The lowest BCUT2D eigenvalue weighted by Crippen LogP contribution is -1.96. The lowest BCUT2D eigenvalue weighted by molar-refractivity contribution is 1.14. The van der Waals surface area contributed by atoms with Gasteiger partial charge in [-0.3, -0.25) is 4.57 Å². The quantitative estimate of drug-likeness (QED) is 0.230. The first-order valence-electron chi connectivity index (χ1n) is 13.9. The fourth-order valence-electron chi connectivity index (χ4n) is 5.83. The summed E-state index contributed by atoms with van der Waals surface area (Å²) in [7, 11) is 0. The Kier molecular flexibility index (Phi) is 5.46. The Morgan fingerprint density at radius 1 is 0.415 bits per heavy atom. The van der Waals surface area contributed by atoms with Crippen molar-refractivity contribution in [1.29, 1.82) is 0 Å². The van der Waals surface area contributed by atoms with E-state index in [4.69, 9.17) is 9.97 Å². The second-order valence-corrected chi connectivity index (χ2v) is 10.3. The zero-order valence-electron chi connectivity index (χ0n) is 22.3. The molecule has 0 spiro atoms. The van der Waals surface area contributed by atoms with E-state index in [2.05, 4.69) is 150 Å². The van der Waals surface area contributed by atoms with Gasteiger partial charge in [0.05, 0.1) is 16.6 Å². The van der Waals surface area contributed by atoms with Crippen molar-refractivity contribution < 1.29 is 0 Å². The van der Waals surface area contributed by atoms with Crippen LogP contribution >= 0.6 is 0 Å². The molecule has 192 valence electrons. The summed E-state index contributed by atoms with van der Waals surface area (Å²) in [6.07, 6.45) is 0. The van der Waals surface area contributed by atoms with E-state index in [1.807, 2.05) is 6.07 Å². The van der Waals surface area contributed by atoms with Crippen LogP contribution in [0, 0.1) is 0 Å². The summed E-state index contributed by atoms with van der Waals surface area (Å²) in [5.41, 5.74) is 12.9. The Morgan fingerprint density at radius 2 is 1.00 bits per heavy atom. The Hall–Kier alpha value is -5.54. The second kappa shape index (κ2) is 9.58. The summed E-state index contributed by atoms with van der Waals surface area (Å²) < 4.78 is 2.21. The monoisotopic (exact) mass is 523 g/mol. The van der Waals surface area contributed by atoms with E-state index in [9.17, 15) is 0 Å². The largest absolute Gasteiger partial charge is 0.293 e. The molecule has 2 aromatic heterocycles. The lowest BCUT2D eigenvalue weighted by atomic mass is 9.93. The molecular weight excluding hydrogens is 498 g/mol. The van der Waals surface area contributed by atoms with Crippen LogP contribution < -0.4 is 0 Å². The van der Waals surface area contributed by atoms with Gasteiger partial charge >= 0.3 is 0 Å². The zero-order chi connectivity index (χ0) is 27.2. The van der Waals surface area contributed by atoms with Crippen LogP contribution in [0.3, 0.4) is 0 Å². The van der Waals surface area contributed by atoms with Crippen molar-refractivity contribution in [2.45, 2.75) is 0 Å². The maximum atomic E-state index is 5.17. The van der Waals surface area contributed by atoms with Crippen LogP contribution in [0.2, 0.25) is 0 Å². The predicted molar refractivity (Wildman–Crippen MR) is 170 cm³/mol. The second-order valence-electron chi connectivity index (χ2n) is 10.3. The molecule has 8 rings (SSSR count). The van der Waals surface area contributed by atoms with Gasteiger partial charge in [-0.1, -0.05) is 121 Å². The summed E-state index contributed by atoms with van der Waals surface area (Å²) in [5, 5.41) is 1.10. The van der Waals surface area contributed by atoms with E-state index in [1.165, 1.54) is 22.3 Å². The van der Waals surface area contributed by atoms with Crippen molar-refractivity contribution in [3.8, 4) is 39.1 Å². The van der Waals surface area contributed by atoms with Crippen LogP contribution in [0.25, 0.3) is 72.2 Å². The van der Waals surface area contributed by atoms with Crippen molar-refractivity contribution in [1.82, 2.24) is 14.5 Å². The highest BCUT2D eigenvalue weighted by Gasteiger charge is 2.16. The minimum atomic E-state index is 0.874. The van der Waals surface area contributed by atoms with Crippen LogP contribution in [-0.2, 0) is 0 Å². The number of aromatic nitrogens is 3. The topological polar surface area (TPSA) is 30.7 Å². The number of nitrogens with zero attached hydrogens (tertiary/aromatic N) is 3. The van der Waals surface area contributed by atoms with E-state index in [-0.39, 0.29) is 0 Å². The predicted octanol–water partition coefficient (Wildman–Crippen LogP) is 9.73. The molecule has 0 saturated carbocycles. The number of fused-ring (bicyclic) bond motifs is 4. The van der Waals surface area contributed by atoms with Crippen LogP contribution in [0.15, 0.2) is 152 Å². The molecule has 0 aliphatic heterocycles. The molecule has 0 saturated heterocycles. The molecule has 6 aromatic carbocycles. The first-order valence-corrected chi connectivity index (χ1v) is 13.9. The van der Waals surface area contributed by atoms with Gasteiger partial charge in [0.25, 0.3) is 0 Å². The Labute approximate surface area is 238 Å². The molecule has 8 aromatic rings. The van der Waals surface area contributed by atoms with E-state index in [0.29, 0.717) is 0 Å². The minimum Gasteiger partial charge on any atom is -0.293 e. The minimum absolute atomic E-state index is 0.874. The number of benzene rings is 6. The van der Waals surface area contributed by atoms with Crippen molar-refractivity contribution in [2.75, 3.05) is 0 Å². The van der Waals surface area contributed by atoms with Gasteiger partial charge in [0.1, 0.15) is 5.52 Å². The first kappa shape index (κ1) is 23.4. The summed E-state index contributed by atoms with van der Waals surface area (Å²) in [4.78, 5) is 10.3. The van der Waals surface area contributed by atoms with E-state index in [1.54, 1.807) is 0 Å². The summed E-state index contributed by atoms with van der Waals surface area (Å²) in [5.74, 6) is 0. The van der Waals surface area contributed by atoms with Crippen LogP contribution in [-0.4, -0.2) is 14.5 Å². The van der Waals surface area contributed by atoms with Crippen LogP contribution in [0.4, 0.5) is 0 Å². The molecule has 0 radical (unpaired) electrons. The number of hydrogen-bond acceptors (Lipinski definition) is 2. The highest BCUT2D eigenvalue weighted by molar-refractivity contribution is 6.07. The molecule has 0 unspecified atom stereocenters. The molecule has 0 amide bonds. The van der Waals surface area contributed by atoms with Gasteiger partial charge in [0, 0.05) is 11.1 Å². The fourth-order valence-corrected chi connectivity index (χ4v) is 5.83. The van der Waals surface area contributed by atoms with Gasteiger partial charge in [0.2, 0.25) is 0 Å². The Balaban J connectivity index is 1.22. The van der Waals surface area contributed by atoms with E-state index < -0.39 is 0 Å². The average molecular weight is 524 g/mol. The van der Waals surface area contributed by atoms with Gasteiger partial charge < -0.3 is 0 Å². The third-order valence-electron chi connectivity index (χ3n) is 7.81. The SMILES string of the molecule is c1ccc(-c2ccccc2-c2ccc(-c3ccc4nc5c(nc4c3)c3ccccc3n5-c3ccccc3)cc2)cc1. The summed E-state index contributed by atoms with van der Waals surface area (Å²) >= 11 is 0. The summed E-state index contributed by atoms with van der Waals surface area (Å²) in [6.45, 7) is 0. The molecule has 3 heteroatoms. The maximum absolute atomic E-state index is 5.17. The van der Waals surface area contributed by atoms with Crippen molar-refractivity contribution in [3.05, 3.63) is 152 Å². The van der Waals surface area contributed by atoms with Gasteiger partial charge in [-0.25, -0.2) is 9.97 Å².